The highest BCUT2D eigenvalue weighted by Crippen LogP contribution is 2.22. The minimum Gasteiger partial charge on any atom is -0.319 e. The van der Waals surface area contributed by atoms with Gasteiger partial charge in [-0.2, -0.15) is 0 Å². The Balaban J connectivity index is 2.93. The van der Waals surface area contributed by atoms with Crippen LogP contribution >= 0.6 is 0 Å². The number of aryl methyl sites for hydroxylation is 1. The van der Waals surface area contributed by atoms with Crippen molar-refractivity contribution in [3.05, 3.63) is 35.4 Å². The molecule has 1 aromatic rings. The molecule has 0 aliphatic heterocycles. The molecule has 1 N–H and O–H groups in total. The van der Waals surface area contributed by atoms with Gasteiger partial charge in [0.2, 0.25) is 0 Å². The first-order chi connectivity index (χ1) is 6.06. The summed E-state index contributed by atoms with van der Waals surface area (Å²) >= 11 is 0. The van der Waals surface area contributed by atoms with Crippen LogP contribution in [0.4, 0.5) is 0 Å². The Morgan fingerprint density at radius 3 is 2.54 bits per heavy atom. The highest BCUT2D eigenvalue weighted by molar-refractivity contribution is 5.28. The molecule has 1 aromatic carbocycles. The van der Waals surface area contributed by atoms with Gasteiger partial charge in [0.25, 0.3) is 0 Å². The number of hydrogen-bond donors (Lipinski definition) is 1. The topological polar surface area (TPSA) is 12.0 Å². The van der Waals surface area contributed by atoms with Crippen LogP contribution in [-0.2, 0) is 5.41 Å². The Labute approximate surface area is 81.2 Å². The third kappa shape index (κ3) is 2.56. The van der Waals surface area contributed by atoms with Crippen molar-refractivity contribution in [1.82, 2.24) is 5.32 Å². The maximum absolute atomic E-state index is 3.23. The van der Waals surface area contributed by atoms with E-state index in [-0.39, 0.29) is 5.41 Å². The summed E-state index contributed by atoms with van der Waals surface area (Å²) in [7, 11) is 2.00. The normalized spacial score (nSPS) is 11.7. The zero-order valence-corrected chi connectivity index (χ0v) is 9.02. The molecule has 0 aliphatic carbocycles. The first-order valence-corrected chi connectivity index (χ1v) is 4.78. The standard InChI is InChI=1S/C12H19N/c1-10-6-5-7-11(8-10)12(2,3)9-13-4/h5-8,13H,9H2,1-4H3. The van der Waals surface area contributed by atoms with Crippen LogP contribution in [0.1, 0.15) is 25.0 Å². The van der Waals surface area contributed by atoms with Gasteiger partial charge in [-0.15, -0.1) is 0 Å². The van der Waals surface area contributed by atoms with E-state index in [9.17, 15) is 0 Å². The predicted octanol–water partition coefficient (Wildman–Crippen LogP) is 2.49. The molecule has 0 saturated heterocycles. The van der Waals surface area contributed by atoms with Crippen molar-refractivity contribution in [2.45, 2.75) is 26.2 Å². The number of benzene rings is 1. The van der Waals surface area contributed by atoms with Crippen molar-refractivity contribution < 1.29 is 0 Å². The van der Waals surface area contributed by atoms with Crippen molar-refractivity contribution in [3.8, 4) is 0 Å². The van der Waals surface area contributed by atoms with Gasteiger partial charge in [0.05, 0.1) is 0 Å². The first kappa shape index (κ1) is 10.3. The molecular weight excluding hydrogens is 158 g/mol. The van der Waals surface area contributed by atoms with Crippen LogP contribution in [0.5, 0.6) is 0 Å². The molecule has 0 spiro atoms. The van der Waals surface area contributed by atoms with E-state index in [2.05, 4.69) is 50.4 Å². The van der Waals surface area contributed by atoms with Crippen molar-refractivity contribution in [2.75, 3.05) is 13.6 Å². The summed E-state index contributed by atoms with van der Waals surface area (Å²) in [4.78, 5) is 0. The van der Waals surface area contributed by atoms with E-state index in [1.165, 1.54) is 11.1 Å². The second-order valence-corrected chi connectivity index (χ2v) is 4.28. The molecule has 0 amide bonds. The van der Waals surface area contributed by atoms with E-state index in [4.69, 9.17) is 0 Å². The summed E-state index contributed by atoms with van der Waals surface area (Å²) < 4.78 is 0. The summed E-state index contributed by atoms with van der Waals surface area (Å²) in [5.41, 5.74) is 2.96. The second kappa shape index (κ2) is 3.93. The Hall–Kier alpha value is -0.820. The molecule has 0 bridgehead atoms. The molecule has 1 rings (SSSR count). The molecule has 1 nitrogen and oxygen atoms in total. The van der Waals surface area contributed by atoms with Gasteiger partial charge < -0.3 is 5.32 Å². The molecule has 0 unspecified atom stereocenters. The molecule has 0 aliphatic rings. The Bertz CT molecular complexity index is 276. The molecule has 0 radical (unpaired) electrons. The van der Waals surface area contributed by atoms with E-state index < -0.39 is 0 Å². The second-order valence-electron chi connectivity index (χ2n) is 4.28. The third-order valence-corrected chi connectivity index (χ3v) is 2.42. The van der Waals surface area contributed by atoms with Crippen molar-refractivity contribution in [1.29, 1.82) is 0 Å². The van der Waals surface area contributed by atoms with E-state index in [0.29, 0.717) is 0 Å². The third-order valence-electron chi connectivity index (χ3n) is 2.42. The van der Waals surface area contributed by atoms with Crippen LogP contribution < -0.4 is 5.32 Å². The van der Waals surface area contributed by atoms with Crippen LogP contribution in [-0.4, -0.2) is 13.6 Å². The molecule has 1 heteroatoms. The fourth-order valence-electron chi connectivity index (χ4n) is 1.61. The van der Waals surface area contributed by atoms with Gasteiger partial charge in [-0.1, -0.05) is 43.7 Å². The molecule has 72 valence electrons. The van der Waals surface area contributed by atoms with E-state index >= 15 is 0 Å². The van der Waals surface area contributed by atoms with Crippen LogP contribution in [0.3, 0.4) is 0 Å². The van der Waals surface area contributed by atoms with Gasteiger partial charge in [-0.3, -0.25) is 0 Å². The highest BCUT2D eigenvalue weighted by atomic mass is 14.8. The zero-order chi connectivity index (χ0) is 9.90. The van der Waals surface area contributed by atoms with E-state index in [1.54, 1.807) is 0 Å². The number of nitrogens with one attached hydrogen (secondary N) is 1. The minimum absolute atomic E-state index is 0.223. The first-order valence-electron chi connectivity index (χ1n) is 4.78. The molecular formula is C12H19N. The molecule has 0 fully saturated rings. The fourth-order valence-corrected chi connectivity index (χ4v) is 1.61. The zero-order valence-electron chi connectivity index (χ0n) is 9.02. The highest BCUT2D eigenvalue weighted by Gasteiger charge is 2.18. The molecule has 0 heterocycles. The smallest absolute Gasteiger partial charge is 0.00401 e. The average Bonchev–Trinajstić information content (AvgIpc) is 2.04. The lowest BCUT2D eigenvalue weighted by Crippen LogP contribution is -2.30. The molecule has 0 aromatic heterocycles. The van der Waals surface area contributed by atoms with Crippen LogP contribution in [0.15, 0.2) is 24.3 Å². The maximum Gasteiger partial charge on any atom is 0.00401 e. The summed E-state index contributed by atoms with van der Waals surface area (Å²) in [5, 5.41) is 3.23. The van der Waals surface area contributed by atoms with Crippen LogP contribution in [0.2, 0.25) is 0 Å². The SMILES string of the molecule is CNCC(C)(C)c1cccc(C)c1. The maximum atomic E-state index is 3.23. The number of likely N-dealkylation sites (N-methyl/N-ethyl adjacent to an activating group) is 1. The Morgan fingerprint density at radius 2 is 2.00 bits per heavy atom. The fraction of sp³-hybridized carbons (Fsp3) is 0.500. The van der Waals surface area contributed by atoms with Crippen molar-refractivity contribution >= 4 is 0 Å². The summed E-state index contributed by atoms with van der Waals surface area (Å²) in [6, 6.07) is 8.72. The lowest BCUT2D eigenvalue weighted by molar-refractivity contribution is 0.494. The minimum atomic E-state index is 0.223. The van der Waals surface area contributed by atoms with Gasteiger partial charge in [0, 0.05) is 12.0 Å². The van der Waals surface area contributed by atoms with E-state index in [0.717, 1.165) is 6.54 Å². The lowest BCUT2D eigenvalue weighted by atomic mass is 9.84. The predicted molar refractivity (Wildman–Crippen MR) is 58.1 cm³/mol. The van der Waals surface area contributed by atoms with Crippen molar-refractivity contribution in [3.63, 3.8) is 0 Å². The lowest BCUT2D eigenvalue weighted by Gasteiger charge is -2.25. The summed E-state index contributed by atoms with van der Waals surface area (Å²) in [5.74, 6) is 0. The Kier molecular flexibility index (Phi) is 3.10. The van der Waals surface area contributed by atoms with Crippen LogP contribution in [0, 0.1) is 6.92 Å². The number of hydrogen-bond acceptors (Lipinski definition) is 1. The van der Waals surface area contributed by atoms with Crippen LogP contribution in [0.25, 0.3) is 0 Å². The van der Waals surface area contributed by atoms with Gasteiger partial charge >= 0.3 is 0 Å². The van der Waals surface area contributed by atoms with E-state index in [1.807, 2.05) is 7.05 Å². The summed E-state index contributed by atoms with van der Waals surface area (Å²) in [6.07, 6.45) is 0. The monoisotopic (exact) mass is 177 g/mol. The number of rotatable bonds is 3. The average molecular weight is 177 g/mol. The van der Waals surface area contributed by atoms with Gasteiger partial charge in [0.1, 0.15) is 0 Å². The molecule has 0 atom stereocenters. The molecule has 0 saturated carbocycles. The molecule has 13 heavy (non-hydrogen) atoms. The van der Waals surface area contributed by atoms with Gasteiger partial charge in [-0.05, 0) is 19.5 Å². The van der Waals surface area contributed by atoms with Crippen molar-refractivity contribution in [2.24, 2.45) is 0 Å². The quantitative estimate of drug-likeness (QED) is 0.748. The van der Waals surface area contributed by atoms with Gasteiger partial charge in [-0.25, -0.2) is 0 Å². The summed E-state index contributed by atoms with van der Waals surface area (Å²) in [6.45, 7) is 7.67. The largest absolute Gasteiger partial charge is 0.319 e. The Morgan fingerprint density at radius 1 is 1.31 bits per heavy atom. The van der Waals surface area contributed by atoms with Gasteiger partial charge in [0.15, 0.2) is 0 Å².